The summed E-state index contributed by atoms with van der Waals surface area (Å²) in [6.07, 6.45) is 0. The Kier molecular flexibility index (Phi) is 5.58. The van der Waals surface area contributed by atoms with Crippen LogP contribution in [0, 0.1) is 0 Å². The molecule has 0 spiro atoms. The van der Waals surface area contributed by atoms with E-state index in [-0.39, 0.29) is 17.1 Å². The lowest BCUT2D eigenvalue weighted by atomic mass is 9.96. The third-order valence-corrected chi connectivity index (χ3v) is 7.15. The molecule has 2 aromatic heterocycles. The van der Waals surface area contributed by atoms with Gasteiger partial charge in [0.25, 0.3) is 0 Å². The van der Waals surface area contributed by atoms with Crippen LogP contribution >= 0.6 is 11.3 Å². The molecule has 3 rings (SSSR count). The molecule has 0 saturated heterocycles. The minimum absolute atomic E-state index is 0.107. The molecule has 0 aliphatic rings. The van der Waals surface area contributed by atoms with Crippen LogP contribution in [0.15, 0.2) is 34.2 Å². The highest BCUT2D eigenvalue weighted by Crippen LogP contribution is 2.30. The second-order valence-corrected chi connectivity index (χ2v) is 10.7. The first-order valence-corrected chi connectivity index (χ1v) is 11.3. The second kappa shape index (κ2) is 7.63. The van der Waals surface area contributed by atoms with Crippen molar-refractivity contribution < 1.29 is 17.7 Å². The molecule has 0 bridgehead atoms. The van der Waals surface area contributed by atoms with Crippen LogP contribution in [-0.4, -0.2) is 30.7 Å². The van der Waals surface area contributed by atoms with Crippen molar-refractivity contribution in [3.8, 4) is 16.3 Å². The summed E-state index contributed by atoms with van der Waals surface area (Å²) in [5.41, 5.74) is 1.10. The Bertz CT molecular complexity index is 1050. The minimum Gasteiger partial charge on any atom is -0.497 e. The third kappa shape index (κ3) is 4.41. The van der Waals surface area contributed by atoms with E-state index >= 15 is 0 Å². The maximum atomic E-state index is 12.8. The summed E-state index contributed by atoms with van der Waals surface area (Å²) >= 11 is 1.40. The zero-order chi connectivity index (χ0) is 20.5. The maximum Gasteiger partial charge on any atom is 0.244 e. The fraction of sp³-hybridized carbons (Fsp3) is 0.421. The number of rotatable bonds is 6. The molecule has 0 saturated carbocycles. The molecule has 0 unspecified atom stereocenters. The molecule has 9 heteroatoms. The molecule has 2 heterocycles. The zero-order valence-electron chi connectivity index (χ0n) is 16.5. The van der Waals surface area contributed by atoms with Crippen LogP contribution in [0.2, 0.25) is 0 Å². The van der Waals surface area contributed by atoms with E-state index in [0.717, 1.165) is 16.3 Å². The van der Waals surface area contributed by atoms with Gasteiger partial charge in [-0.1, -0.05) is 25.9 Å². The molecule has 0 amide bonds. The molecule has 0 aliphatic carbocycles. The molecule has 3 aromatic rings. The van der Waals surface area contributed by atoms with Crippen molar-refractivity contribution in [2.24, 2.45) is 0 Å². The predicted molar refractivity (Wildman–Crippen MR) is 108 cm³/mol. The number of hydrogen-bond acceptors (Lipinski definition) is 8. The van der Waals surface area contributed by atoms with Crippen molar-refractivity contribution in [3.05, 3.63) is 47.1 Å². The summed E-state index contributed by atoms with van der Waals surface area (Å²) < 4.78 is 36.0. The molecule has 28 heavy (non-hydrogen) atoms. The molecule has 0 aliphatic heterocycles. The Hall–Kier alpha value is -2.26. The lowest BCUT2D eigenvalue weighted by molar-refractivity contribution is 0.361. The average Bonchev–Trinajstić information content (AvgIpc) is 3.30. The second-order valence-electron chi connectivity index (χ2n) is 7.53. The van der Waals surface area contributed by atoms with Crippen molar-refractivity contribution >= 4 is 21.2 Å². The van der Waals surface area contributed by atoms with Crippen LogP contribution in [-0.2, 0) is 21.0 Å². The Morgan fingerprint density at radius 2 is 1.86 bits per heavy atom. The number of hydrogen-bond donors (Lipinski definition) is 0. The van der Waals surface area contributed by atoms with Crippen LogP contribution in [0.3, 0.4) is 0 Å². The van der Waals surface area contributed by atoms with E-state index in [0.29, 0.717) is 11.5 Å². The molecule has 150 valence electrons. The first-order chi connectivity index (χ1) is 13.1. The first-order valence-electron chi connectivity index (χ1n) is 8.74. The van der Waals surface area contributed by atoms with E-state index < -0.39 is 15.1 Å². The van der Waals surface area contributed by atoms with Gasteiger partial charge in [0.1, 0.15) is 16.0 Å². The van der Waals surface area contributed by atoms with Crippen LogP contribution < -0.4 is 4.74 Å². The molecule has 7 nitrogen and oxygen atoms in total. The van der Waals surface area contributed by atoms with Gasteiger partial charge in [0, 0.05) is 16.4 Å². The van der Waals surface area contributed by atoms with Gasteiger partial charge >= 0.3 is 0 Å². The van der Waals surface area contributed by atoms with Crippen molar-refractivity contribution in [2.75, 3.05) is 7.11 Å². The minimum atomic E-state index is -3.55. The highest BCUT2D eigenvalue weighted by Gasteiger charge is 2.31. The van der Waals surface area contributed by atoms with Crippen LogP contribution in [0.25, 0.3) is 10.6 Å². The number of nitrogens with zero attached hydrogens (tertiary/aromatic N) is 3. The van der Waals surface area contributed by atoms with Gasteiger partial charge in [-0.25, -0.2) is 13.4 Å². The molecule has 0 N–H and O–H groups in total. The Morgan fingerprint density at radius 3 is 2.43 bits per heavy atom. The fourth-order valence-electron chi connectivity index (χ4n) is 2.43. The summed E-state index contributed by atoms with van der Waals surface area (Å²) in [6, 6.07) is 7.48. The quantitative estimate of drug-likeness (QED) is 0.589. The maximum absolute atomic E-state index is 12.8. The predicted octanol–water partition coefficient (Wildman–Crippen LogP) is 4.18. The van der Waals surface area contributed by atoms with Gasteiger partial charge in [0.15, 0.2) is 15.7 Å². The van der Waals surface area contributed by atoms with E-state index in [9.17, 15) is 8.42 Å². The summed E-state index contributed by atoms with van der Waals surface area (Å²) in [4.78, 5) is 8.75. The number of aromatic nitrogens is 3. The monoisotopic (exact) mass is 421 g/mol. The van der Waals surface area contributed by atoms with E-state index in [4.69, 9.17) is 9.26 Å². The Labute approximate surface area is 168 Å². The topological polar surface area (TPSA) is 95.2 Å². The number of sulfone groups is 1. The molecule has 0 fully saturated rings. The van der Waals surface area contributed by atoms with Crippen LogP contribution in [0.1, 0.15) is 50.4 Å². The molecule has 0 radical (unpaired) electrons. The number of ether oxygens (including phenoxy) is 1. The average molecular weight is 422 g/mol. The lowest BCUT2D eigenvalue weighted by Crippen LogP contribution is -2.15. The lowest BCUT2D eigenvalue weighted by Gasteiger charge is -2.11. The van der Waals surface area contributed by atoms with Gasteiger partial charge in [-0.15, -0.1) is 11.3 Å². The summed E-state index contributed by atoms with van der Waals surface area (Å²) in [6.45, 7) is 7.39. The number of thiazole rings is 1. The van der Waals surface area contributed by atoms with E-state index in [1.807, 2.05) is 45.0 Å². The number of methoxy groups -OCH3 is 1. The Balaban J connectivity index is 1.77. The van der Waals surface area contributed by atoms with Crippen LogP contribution in [0.5, 0.6) is 5.75 Å². The number of benzene rings is 1. The molecule has 1 aromatic carbocycles. The van der Waals surface area contributed by atoms with Crippen molar-refractivity contribution in [1.29, 1.82) is 0 Å². The standard InChI is InChI=1S/C19H23N3O4S2/c1-12(16-21-18(22-26-16)19(2,3)4)28(23,24)11-14-10-27-17(20-14)13-6-8-15(25-5)9-7-13/h6-10,12H,11H2,1-5H3/t12-/m1/s1. The van der Waals surface area contributed by atoms with Crippen molar-refractivity contribution in [3.63, 3.8) is 0 Å². The first kappa shape index (κ1) is 20.5. The normalized spacial score (nSPS) is 13.5. The van der Waals surface area contributed by atoms with Gasteiger partial charge in [-0.3, -0.25) is 0 Å². The van der Waals surface area contributed by atoms with Crippen molar-refractivity contribution in [1.82, 2.24) is 15.1 Å². The summed E-state index contributed by atoms with van der Waals surface area (Å²) in [5, 5.41) is 5.53. The van der Waals surface area contributed by atoms with Gasteiger partial charge in [-0.05, 0) is 31.2 Å². The van der Waals surface area contributed by atoms with E-state index in [1.54, 1.807) is 19.4 Å². The van der Waals surface area contributed by atoms with E-state index in [1.165, 1.54) is 11.3 Å². The zero-order valence-corrected chi connectivity index (χ0v) is 18.1. The Morgan fingerprint density at radius 1 is 1.18 bits per heavy atom. The van der Waals surface area contributed by atoms with Gasteiger partial charge in [0.2, 0.25) is 5.89 Å². The summed E-state index contributed by atoms with van der Waals surface area (Å²) in [5.74, 6) is 1.16. The third-order valence-electron chi connectivity index (χ3n) is 4.24. The molecular weight excluding hydrogens is 398 g/mol. The van der Waals surface area contributed by atoms with Gasteiger partial charge in [-0.2, -0.15) is 4.98 Å². The smallest absolute Gasteiger partial charge is 0.244 e. The largest absolute Gasteiger partial charge is 0.497 e. The van der Waals surface area contributed by atoms with Crippen LogP contribution in [0.4, 0.5) is 0 Å². The highest BCUT2D eigenvalue weighted by atomic mass is 32.2. The highest BCUT2D eigenvalue weighted by molar-refractivity contribution is 7.90. The SMILES string of the molecule is COc1ccc(-c2nc(CS(=O)(=O)[C@H](C)c3nc(C(C)(C)C)no3)cs2)cc1. The summed E-state index contributed by atoms with van der Waals surface area (Å²) in [7, 11) is -1.94. The molecular formula is C19H23N3O4S2. The van der Waals surface area contributed by atoms with Gasteiger partial charge < -0.3 is 9.26 Å². The van der Waals surface area contributed by atoms with Gasteiger partial charge in [0.05, 0.1) is 18.6 Å². The van der Waals surface area contributed by atoms with Crippen molar-refractivity contribution in [2.45, 2.75) is 44.1 Å². The fourth-order valence-corrected chi connectivity index (χ4v) is 4.57. The molecule has 1 atom stereocenters. The van der Waals surface area contributed by atoms with E-state index in [2.05, 4.69) is 15.1 Å².